The summed E-state index contributed by atoms with van der Waals surface area (Å²) in [6, 6.07) is 53.2. The molecular weight excluding hydrogens is 661 g/mol. The number of para-hydroxylation sites is 3. The third kappa shape index (κ3) is 4.66. The van der Waals surface area contributed by atoms with Crippen molar-refractivity contribution in [3.8, 4) is 62.5 Å². The number of pyridine rings is 1. The van der Waals surface area contributed by atoms with Gasteiger partial charge in [0.15, 0.2) is 0 Å². The zero-order valence-corrected chi connectivity index (χ0v) is 29.7. The molecule has 4 heterocycles. The summed E-state index contributed by atoms with van der Waals surface area (Å²) in [5, 5.41) is 2.44. The first-order valence-electron chi connectivity index (χ1n) is 18.3. The monoisotopic (exact) mass is 693 g/mol. The van der Waals surface area contributed by atoms with E-state index < -0.39 is 0 Å². The van der Waals surface area contributed by atoms with Gasteiger partial charge >= 0.3 is 0 Å². The molecule has 0 saturated carbocycles. The Bertz CT molecular complexity index is 2960. The number of ether oxygens (including phenoxy) is 2. The highest BCUT2D eigenvalue weighted by atomic mass is 16.5. The summed E-state index contributed by atoms with van der Waals surface area (Å²) in [5.74, 6) is 4.18. The average molecular weight is 694 g/mol. The predicted octanol–water partition coefficient (Wildman–Crippen LogP) is 9.92. The molecule has 9 aromatic rings. The van der Waals surface area contributed by atoms with Gasteiger partial charge in [-0.3, -0.25) is 9.55 Å². The van der Waals surface area contributed by atoms with Crippen LogP contribution in [0.1, 0.15) is 11.1 Å². The lowest BCUT2D eigenvalue weighted by atomic mass is 9.34. The normalized spacial score (nSPS) is 12.5. The fraction of sp³-hybridized carbons (Fsp3) is 0.0417. The van der Waals surface area contributed by atoms with Crippen molar-refractivity contribution in [1.82, 2.24) is 14.5 Å². The van der Waals surface area contributed by atoms with E-state index in [1.807, 2.05) is 24.4 Å². The molecule has 0 atom stereocenters. The topological polar surface area (TPSA) is 49.2 Å². The van der Waals surface area contributed by atoms with E-state index in [2.05, 4.69) is 152 Å². The fourth-order valence-corrected chi connectivity index (χ4v) is 8.57. The van der Waals surface area contributed by atoms with E-state index in [0.717, 1.165) is 84.3 Å². The van der Waals surface area contributed by atoms with Gasteiger partial charge in [0, 0.05) is 17.2 Å². The second-order valence-electron chi connectivity index (χ2n) is 14.3. The second kappa shape index (κ2) is 11.8. The van der Waals surface area contributed by atoms with Crippen molar-refractivity contribution in [2.75, 3.05) is 0 Å². The van der Waals surface area contributed by atoms with E-state index in [1.165, 1.54) is 27.5 Å². The highest BCUT2D eigenvalue weighted by molar-refractivity contribution is 6.98. The molecule has 0 N–H and O–H groups in total. The van der Waals surface area contributed by atoms with E-state index in [-0.39, 0.29) is 6.71 Å². The van der Waals surface area contributed by atoms with E-state index in [9.17, 15) is 0 Å². The lowest BCUT2D eigenvalue weighted by Gasteiger charge is -2.33. The Balaban J connectivity index is 1.08. The zero-order valence-electron chi connectivity index (χ0n) is 29.7. The third-order valence-electron chi connectivity index (χ3n) is 11.0. The minimum absolute atomic E-state index is 0.122. The van der Waals surface area contributed by atoms with E-state index in [4.69, 9.17) is 19.4 Å². The molecule has 0 radical (unpaired) electrons. The molecule has 6 heteroatoms. The molecule has 0 saturated heterocycles. The molecule has 7 aromatic carbocycles. The molecule has 11 rings (SSSR count). The van der Waals surface area contributed by atoms with E-state index in [1.54, 1.807) is 0 Å². The SMILES string of the molecule is Cc1cccc(C)c1-n1c(-c2ccc3c(c2)B2c4cc(-c5cc(-c6cccc7ccccc67)ccn5)ccc4Oc4cccc(c42)O3)nc2ccccc21. The fourth-order valence-electron chi connectivity index (χ4n) is 8.57. The lowest BCUT2D eigenvalue weighted by Crippen LogP contribution is -2.57. The van der Waals surface area contributed by atoms with Gasteiger partial charge in [-0.1, -0.05) is 91.0 Å². The van der Waals surface area contributed by atoms with Crippen LogP contribution in [-0.2, 0) is 0 Å². The van der Waals surface area contributed by atoms with Crippen molar-refractivity contribution in [2.24, 2.45) is 0 Å². The van der Waals surface area contributed by atoms with Gasteiger partial charge in [-0.15, -0.1) is 0 Å². The third-order valence-corrected chi connectivity index (χ3v) is 11.0. The molecule has 0 fully saturated rings. The molecule has 0 bridgehead atoms. The second-order valence-corrected chi connectivity index (χ2v) is 14.3. The Hall–Kier alpha value is -6.92. The Labute approximate surface area is 313 Å². The molecule has 2 aromatic heterocycles. The number of hydrogen-bond acceptors (Lipinski definition) is 4. The van der Waals surface area contributed by atoms with Gasteiger partial charge in [0.2, 0.25) is 0 Å². The van der Waals surface area contributed by atoms with Gasteiger partial charge in [0.05, 0.1) is 22.4 Å². The number of imidazole rings is 1. The molecule has 0 aliphatic carbocycles. The summed E-state index contributed by atoms with van der Waals surface area (Å²) in [5.41, 5.74) is 14.0. The number of benzene rings is 7. The van der Waals surface area contributed by atoms with Crippen LogP contribution < -0.4 is 25.9 Å². The number of rotatable bonds is 4. The summed E-state index contributed by atoms with van der Waals surface area (Å²) in [6.45, 7) is 4.22. The molecule has 0 spiro atoms. The molecule has 54 heavy (non-hydrogen) atoms. The number of hydrogen-bond donors (Lipinski definition) is 0. The van der Waals surface area contributed by atoms with E-state index >= 15 is 0 Å². The van der Waals surface area contributed by atoms with Crippen molar-refractivity contribution >= 4 is 44.9 Å². The summed E-state index contributed by atoms with van der Waals surface area (Å²) in [4.78, 5) is 10.1. The molecule has 5 nitrogen and oxygen atoms in total. The van der Waals surface area contributed by atoms with Crippen LogP contribution in [0.15, 0.2) is 158 Å². The van der Waals surface area contributed by atoms with Crippen LogP contribution in [0.2, 0.25) is 0 Å². The van der Waals surface area contributed by atoms with E-state index in [0.29, 0.717) is 0 Å². The quantitative estimate of drug-likeness (QED) is 0.172. The standard InChI is InChI=1S/C48H32BN3O2/c1-29-10-7-11-30(2)47(29)52-41-17-6-5-16-39(41)51-48(52)34-21-23-43-38(27-34)49-37-26-33(20-22-42(37)53-44-18-9-19-45(54-43)46(44)49)40-28-32(24-25-50-40)36-15-8-13-31-12-3-4-14-35(31)36/h3-28H,1-2H3. The molecule has 2 aliphatic rings. The molecule has 0 unspecified atom stereocenters. The summed E-state index contributed by atoms with van der Waals surface area (Å²) >= 11 is 0. The van der Waals surface area contributed by atoms with Crippen molar-refractivity contribution in [1.29, 1.82) is 0 Å². The smallest absolute Gasteiger partial charge is 0.260 e. The maximum Gasteiger partial charge on any atom is 0.260 e. The first-order chi connectivity index (χ1) is 26.6. The van der Waals surface area contributed by atoms with Crippen molar-refractivity contribution < 1.29 is 9.47 Å². The Kier molecular flexibility index (Phi) is 6.71. The number of fused-ring (bicyclic) bond motifs is 6. The van der Waals surface area contributed by atoms with Crippen molar-refractivity contribution in [3.05, 3.63) is 169 Å². The molecule has 2 aliphatic heterocycles. The Morgan fingerprint density at radius 2 is 1.22 bits per heavy atom. The highest BCUT2D eigenvalue weighted by Gasteiger charge is 2.40. The van der Waals surface area contributed by atoms with Gasteiger partial charge in [-0.25, -0.2) is 4.98 Å². The maximum atomic E-state index is 6.64. The largest absolute Gasteiger partial charge is 0.458 e. The van der Waals surface area contributed by atoms with Gasteiger partial charge < -0.3 is 9.47 Å². The first-order valence-corrected chi connectivity index (χ1v) is 18.3. The van der Waals surface area contributed by atoms with Crippen LogP contribution in [0, 0.1) is 13.8 Å². The first kappa shape index (κ1) is 30.7. The zero-order chi connectivity index (χ0) is 35.9. The van der Waals surface area contributed by atoms with Gasteiger partial charge in [0.1, 0.15) is 28.8 Å². The van der Waals surface area contributed by atoms with Crippen molar-refractivity contribution in [2.45, 2.75) is 13.8 Å². The molecule has 0 amide bonds. The van der Waals surface area contributed by atoms with Crippen LogP contribution in [0.25, 0.3) is 61.3 Å². The minimum Gasteiger partial charge on any atom is -0.458 e. The van der Waals surface area contributed by atoms with Crippen LogP contribution in [0.4, 0.5) is 0 Å². The average Bonchev–Trinajstić information content (AvgIpc) is 3.59. The number of aryl methyl sites for hydroxylation is 2. The van der Waals surface area contributed by atoms with Crippen LogP contribution in [-0.4, -0.2) is 21.2 Å². The summed E-state index contributed by atoms with van der Waals surface area (Å²) in [7, 11) is 0. The van der Waals surface area contributed by atoms with Crippen LogP contribution in [0.3, 0.4) is 0 Å². The van der Waals surface area contributed by atoms with Gasteiger partial charge in [-0.05, 0) is 124 Å². The predicted molar refractivity (Wildman–Crippen MR) is 220 cm³/mol. The minimum atomic E-state index is -0.122. The summed E-state index contributed by atoms with van der Waals surface area (Å²) in [6.07, 6.45) is 1.91. The lowest BCUT2D eigenvalue weighted by molar-refractivity contribution is 0.464. The van der Waals surface area contributed by atoms with Crippen LogP contribution >= 0.6 is 0 Å². The molecular formula is C48H32BN3O2. The van der Waals surface area contributed by atoms with Gasteiger partial charge in [0.25, 0.3) is 6.71 Å². The molecule has 254 valence electrons. The number of aromatic nitrogens is 3. The Morgan fingerprint density at radius 1 is 0.556 bits per heavy atom. The highest BCUT2D eigenvalue weighted by Crippen LogP contribution is 2.38. The Morgan fingerprint density at radius 3 is 2.04 bits per heavy atom. The summed E-state index contributed by atoms with van der Waals surface area (Å²) < 4.78 is 15.6. The maximum absolute atomic E-state index is 6.64. The number of nitrogens with zero attached hydrogens (tertiary/aromatic N) is 3. The van der Waals surface area contributed by atoms with Crippen LogP contribution in [0.5, 0.6) is 23.0 Å². The van der Waals surface area contributed by atoms with Gasteiger partial charge in [-0.2, -0.15) is 0 Å². The van der Waals surface area contributed by atoms with Crippen molar-refractivity contribution in [3.63, 3.8) is 0 Å².